The molecule has 0 saturated carbocycles. The summed E-state index contributed by atoms with van der Waals surface area (Å²) < 4.78 is 27.9. The van der Waals surface area contributed by atoms with Gasteiger partial charge < -0.3 is 4.74 Å². The van der Waals surface area contributed by atoms with E-state index in [1.54, 1.807) is 6.92 Å². The number of aryl methyl sites for hydroxylation is 1. The highest BCUT2D eigenvalue weighted by Gasteiger charge is 2.17. The lowest BCUT2D eigenvalue weighted by molar-refractivity contribution is 0.161. The highest BCUT2D eigenvalue weighted by atomic mass is 79.9. The van der Waals surface area contributed by atoms with Gasteiger partial charge in [0.15, 0.2) is 0 Å². The fourth-order valence-electron chi connectivity index (χ4n) is 1.36. The van der Waals surface area contributed by atoms with Crippen LogP contribution in [-0.2, 0) is 13.8 Å². The number of carbonyl (C=O) groups excluding carboxylic acids is 1. The Bertz CT molecular complexity index is 589. The summed E-state index contributed by atoms with van der Waals surface area (Å²) in [6.45, 7) is 3.79. The second-order valence-electron chi connectivity index (χ2n) is 3.80. The summed E-state index contributed by atoms with van der Waals surface area (Å²) in [4.78, 5) is 11.4. The first kappa shape index (κ1) is 16.3. The summed E-state index contributed by atoms with van der Waals surface area (Å²) in [6, 6.07) is 2.85. The highest BCUT2D eigenvalue weighted by Crippen LogP contribution is 2.30. The van der Waals surface area contributed by atoms with Gasteiger partial charge in [0.1, 0.15) is 0 Å². The van der Waals surface area contributed by atoms with Crippen LogP contribution in [0, 0.1) is 6.92 Å². The molecule has 0 aliphatic heterocycles. The molecule has 0 aromatic heterocycles. The molecule has 1 aromatic carbocycles. The molecule has 5 nitrogen and oxygen atoms in total. The number of carbonyl (C=O) groups is 1. The fourth-order valence-corrected chi connectivity index (χ4v) is 3.16. The Hall–Kier alpha value is -0.790. The zero-order valence-corrected chi connectivity index (χ0v) is 13.5. The van der Waals surface area contributed by atoms with Gasteiger partial charge in [-0.15, -0.1) is 0 Å². The summed E-state index contributed by atoms with van der Waals surface area (Å²) >= 11 is 3.18. The van der Waals surface area contributed by atoms with Gasteiger partial charge in [-0.1, -0.05) is 6.92 Å². The van der Waals surface area contributed by atoms with Crippen LogP contribution < -0.4 is 5.32 Å². The molecule has 106 valence electrons. The zero-order chi connectivity index (χ0) is 14.6. The molecule has 1 N–H and O–H groups in total. The molecule has 0 saturated heterocycles. The van der Waals surface area contributed by atoms with Crippen molar-refractivity contribution in [3.63, 3.8) is 0 Å². The normalized spacial score (nSPS) is 11.2. The van der Waals surface area contributed by atoms with E-state index in [1.165, 1.54) is 12.1 Å². The van der Waals surface area contributed by atoms with E-state index in [9.17, 15) is 13.2 Å². The average molecular weight is 371 g/mol. The maximum atomic E-state index is 11.4. The average Bonchev–Trinajstić information content (AvgIpc) is 2.29. The second kappa shape index (κ2) is 6.58. The molecular formula is C11H13BrClNO4S. The van der Waals surface area contributed by atoms with Gasteiger partial charge >= 0.3 is 6.09 Å². The summed E-state index contributed by atoms with van der Waals surface area (Å²) in [5, 5.41) is 2.52. The van der Waals surface area contributed by atoms with Crippen molar-refractivity contribution in [2.75, 3.05) is 11.9 Å². The van der Waals surface area contributed by atoms with E-state index in [-0.39, 0.29) is 4.90 Å². The smallest absolute Gasteiger partial charge is 0.411 e. The monoisotopic (exact) mass is 369 g/mol. The van der Waals surface area contributed by atoms with Gasteiger partial charge in [-0.05, 0) is 47.0 Å². The number of nitrogens with one attached hydrogen (secondary N) is 1. The van der Waals surface area contributed by atoms with Gasteiger partial charge in [-0.2, -0.15) is 0 Å². The lowest BCUT2D eigenvalue weighted by Gasteiger charge is -2.11. The van der Waals surface area contributed by atoms with Gasteiger partial charge in [-0.3, -0.25) is 5.32 Å². The summed E-state index contributed by atoms with van der Waals surface area (Å²) in [6.07, 6.45) is 0.125. The number of anilines is 1. The second-order valence-corrected chi connectivity index (χ2v) is 7.19. The molecule has 0 aliphatic rings. The number of rotatable bonds is 4. The molecule has 19 heavy (non-hydrogen) atoms. The van der Waals surface area contributed by atoms with Crippen LogP contribution in [0.15, 0.2) is 21.5 Å². The van der Waals surface area contributed by atoms with Gasteiger partial charge in [-0.25, -0.2) is 13.2 Å². The summed E-state index contributed by atoms with van der Waals surface area (Å²) in [5.74, 6) is 0. The number of benzene rings is 1. The van der Waals surface area contributed by atoms with Crippen molar-refractivity contribution >= 4 is 47.4 Å². The molecule has 0 atom stereocenters. The molecule has 0 fully saturated rings. The largest absolute Gasteiger partial charge is 0.449 e. The Balaban J connectivity index is 3.00. The van der Waals surface area contributed by atoms with E-state index in [0.29, 0.717) is 22.3 Å². The third-order valence-electron chi connectivity index (χ3n) is 2.20. The van der Waals surface area contributed by atoms with Crippen molar-refractivity contribution in [3.8, 4) is 0 Å². The molecule has 1 amide bonds. The first-order chi connectivity index (χ1) is 8.75. The predicted octanol–water partition coefficient (Wildman–Crippen LogP) is 3.64. The molecule has 1 aromatic rings. The molecule has 0 heterocycles. The van der Waals surface area contributed by atoms with Crippen molar-refractivity contribution in [3.05, 3.63) is 22.2 Å². The van der Waals surface area contributed by atoms with Crippen LogP contribution in [0.25, 0.3) is 0 Å². The fraction of sp³-hybridized carbons (Fsp3) is 0.364. The van der Waals surface area contributed by atoms with Gasteiger partial charge in [0, 0.05) is 15.2 Å². The van der Waals surface area contributed by atoms with E-state index in [2.05, 4.69) is 21.2 Å². The van der Waals surface area contributed by atoms with Crippen LogP contribution in [0.2, 0.25) is 0 Å². The molecule has 8 heteroatoms. The third-order valence-corrected chi connectivity index (χ3v) is 4.32. The summed E-state index contributed by atoms with van der Waals surface area (Å²) in [5.41, 5.74) is 0.853. The SMILES string of the molecule is CCCOC(=O)Nc1cc(C)c(S(=O)(=O)Cl)cc1Br. The van der Waals surface area contributed by atoms with Crippen molar-refractivity contribution < 1.29 is 17.9 Å². The van der Waals surface area contributed by atoms with Crippen LogP contribution >= 0.6 is 26.6 Å². The van der Waals surface area contributed by atoms with Crippen molar-refractivity contribution in [1.82, 2.24) is 0 Å². The Morgan fingerprint density at radius 1 is 1.47 bits per heavy atom. The molecule has 0 bridgehead atoms. The molecule has 0 radical (unpaired) electrons. The molecule has 0 aliphatic carbocycles. The van der Waals surface area contributed by atoms with E-state index < -0.39 is 15.1 Å². The lowest BCUT2D eigenvalue weighted by atomic mass is 10.2. The van der Waals surface area contributed by atoms with Crippen molar-refractivity contribution in [1.29, 1.82) is 0 Å². The van der Waals surface area contributed by atoms with Crippen LogP contribution in [0.4, 0.5) is 10.5 Å². The van der Waals surface area contributed by atoms with Crippen LogP contribution in [0.3, 0.4) is 0 Å². The molecule has 1 rings (SSSR count). The van der Waals surface area contributed by atoms with E-state index in [0.717, 1.165) is 6.42 Å². The minimum atomic E-state index is -3.82. The molecule has 0 spiro atoms. The minimum Gasteiger partial charge on any atom is -0.449 e. The maximum absolute atomic E-state index is 11.4. The summed E-state index contributed by atoms with van der Waals surface area (Å²) in [7, 11) is 1.48. The Morgan fingerprint density at radius 3 is 2.63 bits per heavy atom. The predicted molar refractivity (Wildman–Crippen MR) is 77.2 cm³/mol. The Morgan fingerprint density at radius 2 is 2.11 bits per heavy atom. The standard InChI is InChI=1S/C11H13BrClNO4S/c1-3-4-18-11(15)14-9-5-7(2)10(6-8(9)12)19(13,16)17/h5-6H,3-4H2,1-2H3,(H,14,15). The molecular weight excluding hydrogens is 358 g/mol. The number of hydrogen-bond donors (Lipinski definition) is 1. The quantitative estimate of drug-likeness (QED) is 0.821. The van der Waals surface area contributed by atoms with Gasteiger partial charge in [0.25, 0.3) is 9.05 Å². The van der Waals surface area contributed by atoms with E-state index in [1.807, 2.05) is 6.92 Å². The van der Waals surface area contributed by atoms with Crippen LogP contribution in [0.1, 0.15) is 18.9 Å². The third kappa shape index (κ3) is 4.67. The number of amides is 1. The minimum absolute atomic E-state index is 0.00600. The number of hydrogen-bond acceptors (Lipinski definition) is 4. The Kier molecular flexibility index (Phi) is 5.64. The van der Waals surface area contributed by atoms with Crippen molar-refractivity contribution in [2.45, 2.75) is 25.2 Å². The Labute approximate surface area is 124 Å². The van der Waals surface area contributed by atoms with Crippen LogP contribution in [-0.4, -0.2) is 21.1 Å². The topological polar surface area (TPSA) is 72.5 Å². The first-order valence-corrected chi connectivity index (χ1v) is 8.54. The van der Waals surface area contributed by atoms with E-state index >= 15 is 0 Å². The highest BCUT2D eigenvalue weighted by molar-refractivity contribution is 9.10. The zero-order valence-electron chi connectivity index (χ0n) is 10.4. The number of halogens is 2. The van der Waals surface area contributed by atoms with Crippen molar-refractivity contribution in [2.24, 2.45) is 0 Å². The lowest BCUT2D eigenvalue weighted by Crippen LogP contribution is -2.14. The van der Waals surface area contributed by atoms with Gasteiger partial charge in [0.2, 0.25) is 0 Å². The number of ether oxygens (including phenoxy) is 1. The maximum Gasteiger partial charge on any atom is 0.411 e. The van der Waals surface area contributed by atoms with E-state index in [4.69, 9.17) is 15.4 Å². The van der Waals surface area contributed by atoms with Crippen LogP contribution in [0.5, 0.6) is 0 Å². The van der Waals surface area contributed by atoms with Gasteiger partial charge in [0.05, 0.1) is 17.2 Å². The molecule has 0 unspecified atom stereocenters. The first-order valence-electron chi connectivity index (χ1n) is 5.44.